The molecular weight excluding hydrogens is 278 g/mol. The van der Waals surface area contributed by atoms with E-state index in [1.807, 2.05) is 24.4 Å². The summed E-state index contributed by atoms with van der Waals surface area (Å²) in [5.74, 6) is 0. The maximum atomic E-state index is 5.51. The van der Waals surface area contributed by atoms with Gasteiger partial charge in [0.1, 0.15) is 0 Å². The Kier molecular flexibility index (Phi) is 2.65. The summed E-state index contributed by atoms with van der Waals surface area (Å²) in [6.45, 7) is 2.08. The Morgan fingerprint density at radius 1 is 1.05 bits per heavy atom. The molecule has 0 amide bonds. The van der Waals surface area contributed by atoms with Gasteiger partial charge in [-0.25, -0.2) is 0 Å². The highest BCUT2D eigenvalue weighted by molar-refractivity contribution is 7.71. The molecule has 0 unspecified atom stereocenters. The van der Waals surface area contributed by atoms with Crippen molar-refractivity contribution in [3.05, 3.63) is 65.1 Å². The van der Waals surface area contributed by atoms with Crippen LogP contribution in [0, 0.1) is 11.7 Å². The van der Waals surface area contributed by atoms with E-state index in [-0.39, 0.29) is 0 Å². The van der Waals surface area contributed by atoms with Crippen molar-refractivity contribution in [2.45, 2.75) is 6.92 Å². The Bertz CT molecular complexity index is 1010. The Morgan fingerprint density at radius 3 is 2.62 bits per heavy atom. The predicted molar refractivity (Wildman–Crippen MR) is 88.5 cm³/mol. The van der Waals surface area contributed by atoms with Crippen molar-refractivity contribution in [1.29, 1.82) is 0 Å². The third kappa shape index (κ3) is 1.87. The quantitative estimate of drug-likeness (QED) is 0.522. The lowest BCUT2D eigenvalue weighted by atomic mass is 10.2. The van der Waals surface area contributed by atoms with Gasteiger partial charge in [0.25, 0.3) is 0 Å². The van der Waals surface area contributed by atoms with Gasteiger partial charge in [-0.15, -0.1) is 0 Å². The number of aromatic nitrogens is 3. The number of fused-ring (bicyclic) bond motifs is 3. The molecule has 4 aromatic rings. The average Bonchev–Trinajstić information content (AvgIpc) is 2.85. The number of hydrogen-bond acceptors (Lipinski definition) is 2. The Hall–Kier alpha value is -2.46. The van der Waals surface area contributed by atoms with Crippen LogP contribution in [-0.4, -0.2) is 14.5 Å². The molecule has 2 aromatic heterocycles. The number of nitrogens with one attached hydrogen (secondary N) is 1. The molecule has 0 saturated carbocycles. The van der Waals surface area contributed by atoms with E-state index in [1.54, 1.807) is 0 Å². The van der Waals surface area contributed by atoms with Crippen LogP contribution in [0.4, 0.5) is 0 Å². The number of rotatable bonds is 1. The number of para-hydroxylation sites is 1. The highest BCUT2D eigenvalue weighted by atomic mass is 32.1. The van der Waals surface area contributed by atoms with Gasteiger partial charge in [0, 0.05) is 11.1 Å². The smallest absolute Gasteiger partial charge is 0.182 e. The SMILES string of the molecule is Cc1ccc(-n2c(=S)[nH]c3cnc4ccccc4c32)cc1. The molecule has 3 nitrogen and oxygen atoms in total. The number of aryl methyl sites for hydroxylation is 1. The summed E-state index contributed by atoms with van der Waals surface area (Å²) >= 11 is 5.51. The van der Waals surface area contributed by atoms with Crippen LogP contribution < -0.4 is 0 Å². The van der Waals surface area contributed by atoms with Crippen molar-refractivity contribution in [3.8, 4) is 5.69 Å². The first-order valence-corrected chi connectivity index (χ1v) is 7.20. The normalized spacial score (nSPS) is 11.3. The second kappa shape index (κ2) is 4.53. The zero-order chi connectivity index (χ0) is 14.4. The van der Waals surface area contributed by atoms with Crippen LogP contribution in [0.15, 0.2) is 54.7 Å². The minimum absolute atomic E-state index is 0.687. The topological polar surface area (TPSA) is 33.6 Å². The van der Waals surface area contributed by atoms with Crippen LogP contribution in [0.5, 0.6) is 0 Å². The first kappa shape index (κ1) is 12.3. The fraction of sp³-hybridized carbons (Fsp3) is 0.0588. The molecule has 0 aliphatic heterocycles. The van der Waals surface area contributed by atoms with Crippen LogP contribution in [0.1, 0.15) is 5.56 Å². The van der Waals surface area contributed by atoms with Gasteiger partial charge in [-0.3, -0.25) is 9.55 Å². The van der Waals surface area contributed by atoms with E-state index < -0.39 is 0 Å². The summed E-state index contributed by atoms with van der Waals surface area (Å²) in [7, 11) is 0. The van der Waals surface area contributed by atoms with Gasteiger partial charge in [-0.1, -0.05) is 35.9 Å². The van der Waals surface area contributed by atoms with Crippen LogP contribution in [0.3, 0.4) is 0 Å². The molecule has 21 heavy (non-hydrogen) atoms. The molecule has 0 aliphatic rings. The van der Waals surface area contributed by atoms with Crippen LogP contribution >= 0.6 is 12.2 Å². The summed E-state index contributed by atoms with van der Waals surface area (Å²) in [5.41, 5.74) is 5.30. The third-order valence-corrected chi connectivity index (χ3v) is 3.99. The summed E-state index contributed by atoms with van der Waals surface area (Å²) in [4.78, 5) is 7.73. The predicted octanol–water partition coefficient (Wildman–Crippen LogP) is 4.54. The lowest BCUT2D eigenvalue weighted by molar-refractivity contribution is 1.07. The average molecular weight is 291 g/mol. The molecule has 0 spiro atoms. The van der Waals surface area contributed by atoms with Gasteiger partial charge in [-0.2, -0.15) is 0 Å². The maximum absolute atomic E-state index is 5.51. The number of aromatic amines is 1. The van der Waals surface area contributed by atoms with E-state index >= 15 is 0 Å². The lowest BCUT2D eigenvalue weighted by Gasteiger charge is -2.07. The van der Waals surface area contributed by atoms with Crippen molar-refractivity contribution in [2.75, 3.05) is 0 Å². The minimum atomic E-state index is 0.687. The molecule has 4 heteroatoms. The first-order chi connectivity index (χ1) is 10.2. The van der Waals surface area contributed by atoms with Crippen molar-refractivity contribution in [3.63, 3.8) is 0 Å². The maximum Gasteiger partial charge on any atom is 0.182 e. The van der Waals surface area contributed by atoms with Crippen molar-refractivity contribution in [2.24, 2.45) is 0 Å². The van der Waals surface area contributed by atoms with E-state index in [0.29, 0.717) is 4.77 Å². The number of pyridine rings is 1. The standard InChI is InChI=1S/C17H13N3S/c1-11-6-8-12(9-7-11)20-16-13-4-2-3-5-14(13)18-10-15(16)19-17(20)21/h2-10H,1H3,(H,19,21). The van der Waals surface area contributed by atoms with Crippen molar-refractivity contribution >= 4 is 34.2 Å². The molecule has 2 heterocycles. The van der Waals surface area contributed by atoms with Gasteiger partial charge in [0.05, 0.1) is 22.7 Å². The number of hydrogen-bond donors (Lipinski definition) is 1. The van der Waals surface area contributed by atoms with E-state index in [0.717, 1.165) is 27.6 Å². The van der Waals surface area contributed by atoms with E-state index in [1.165, 1.54) is 5.56 Å². The molecular formula is C17H13N3S. The molecule has 0 atom stereocenters. The number of benzene rings is 2. The number of H-pyrrole nitrogens is 1. The van der Waals surface area contributed by atoms with E-state index in [2.05, 4.69) is 51.8 Å². The largest absolute Gasteiger partial charge is 0.329 e. The second-order valence-electron chi connectivity index (χ2n) is 5.14. The molecule has 1 N–H and O–H groups in total. The molecule has 4 rings (SSSR count). The van der Waals surface area contributed by atoms with Gasteiger partial charge in [0.2, 0.25) is 0 Å². The minimum Gasteiger partial charge on any atom is -0.329 e. The number of imidazole rings is 1. The monoisotopic (exact) mass is 291 g/mol. The molecule has 0 saturated heterocycles. The summed E-state index contributed by atoms with van der Waals surface area (Å²) in [6, 6.07) is 16.5. The fourth-order valence-corrected chi connectivity index (χ4v) is 2.98. The van der Waals surface area contributed by atoms with Crippen molar-refractivity contribution < 1.29 is 0 Å². The van der Waals surface area contributed by atoms with E-state index in [4.69, 9.17) is 12.2 Å². The highest BCUT2D eigenvalue weighted by Crippen LogP contribution is 2.26. The fourth-order valence-electron chi connectivity index (χ4n) is 2.67. The molecule has 2 aromatic carbocycles. The van der Waals surface area contributed by atoms with Crippen LogP contribution in [0.25, 0.3) is 27.6 Å². The van der Waals surface area contributed by atoms with E-state index in [9.17, 15) is 0 Å². The van der Waals surface area contributed by atoms with Gasteiger partial charge in [0.15, 0.2) is 4.77 Å². The second-order valence-corrected chi connectivity index (χ2v) is 5.53. The van der Waals surface area contributed by atoms with Gasteiger partial charge < -0.3 is 4.98 Å². The summed E-state index contributed by atoms with van der Waals surface area (Å²) < 4.78 is 2.76. The summed E-state index contributed by atoms with van der Waals surface area (Å²) in [5, 5.41) is 1.10. The highest BCUT2D eigenvalue weighted by Gasteiger charge is 2.10. The molecule has 0 bridgehead atoms. The summed E-state index contributed by atoms with van der Waals surface area (Å²) in [6.07, 6.45) is 1.85. The van der Waals surface area contributed by atoms with Crippen LogP contribution in [-0.2, 0) is 0 Å². The third-order valence-electron chi connectivity index (χ3n) is 3.71. The Morgan fingerprint density at radius 2 is 1.81 bits per heavy atom. The molecule has 102 valence electrons. The number of nitrogens with zero attached hydrogens (tertiary/aromatic N) is 2. The lowest BCUT2D eigenvalue weighted by Crippen LogP contribution is -1.95. The molecule has 0 aliphatic carbocycles. The van der Waals surface area contributed by atoms with Crippen LogP contribution in [0.2, 0.25) is 0 Å². The van der Waals surface area contributed by atoms with Gasteiger partial charge >= 0.3 is 0 Å². The zero-order valence-electron chi connectivity index (χ0n) is 11.5. The van der Waals surface area contributed by atoms with Gasteiger partial charge in [-0.05, 0) is 37.3 Å². The van der Waals surface area contributed by atoms with Crippen molar-refractivity contribution in [1.82, 2.24) is 14.5 Å². The molecule has 0 fully saturated rings. The Balaban J connectivity index is 2.17. The molecule has 0 radical (unpaired) electrons. The zero-order valence-corrected chi connectivity index (χ0v) is 12.3. The first-order valence-electron chi connectivity index (χ1n) is 6.79. The Labute approximate surface area is 126 Å².